The highest BCUT2D eigenvalue weighted by Crippen LogP contribution is 2.26. The van der Waals surface area contributed by atoms with Gasteiger partial charge in [0.2, 0.25) is 0 Å². The van der Waals surface area contributed by atoms with Crippen molar-refractivity contribution in [3.8, 4) is 0 Å². The Kier molecular flexibility index (Phi) is 4.91. The number of rotatable bonds is 4. The van der Waals surface area contributed by atoms with Gasteiger partial charge in [-0.1, -0.05) is 27.7 Å². The first-order valence-electron chi connectivity index (χ1n) is 4.10. The van der Waals surface area contributed by atoms with E-state index in [4.69, 9.17) is 4.89 Å². The molecule has 0 saturated heterocycles. The van der Waals surface area contributed by atoms with Gasteiger partial charge in [0, 0.05) is 4.57 Å². The summed E-state index contributed by atoms with van der Waals surface area (Å²) < 4.78 is 14.8. The van der Waals surface area contributed by atoms with E-state index in [-0.39, 0.29) is 5.41 Å². The predicted molar refractivity (Wildman–Crippen MR) is 49.0 cm³/mol. The highest BCUT2D eigenvalue weighted by molar-refractivity contribution is 7.32. The topological polar surface area (TPSA) is 46.5 Å². The van der Waals surface area contributed by atoms with Crippen molar-refractivity contribution in [1.82, 2.24) is 0 Å². The Morgan fingerprint density at radius 2 is 2.00 bits per heavy atom. The van der Waals surface area contributed by atoms with Crippen LogP contribution in [0, 0.1) is 11.3 Å². The van der Waals surface area contributed by atoms with Crippen molar-refractivity contribution in [3.05, 3.63) is 0 Å². The molecule has 1 N–H and O–H groups in total. The lowest BCUT2D eigenvalue weighted by atomic mass is 9.86. The molecule has 0 saturated carbocycles. The predicted octanol–water partition coefficient (Wildman–Crippen LogP) is 2.73. The molecule has 4 heteroatoms. The van der Waals surface area contributed by atoms with E-state index in [1.54, 1.807) is 0 Å². The Hall–Kier alpha value is 0.0200. The van der Waals surface area contributed by atoms with Gasteiger partial charge >= 0.3 is 8.25 Å². The minimum Gasteiger partial charge on any atom is -0.133 e. The average Bonchev–Trinajstić information content (AvgIpc) is 1.79. The van der Waals surface area contributed by atoms with E-state index in [0.717, 1.165) is 6.42 Å². The molecule has 0 aromatic rings. The Bertz CT molecular complexity index is 151. The van der Waals surface area contributed by atoms with Crippen LogP contribution in [-0.2, 0) is 9.09 Å². The van der Waals surface area contributed by atoms with Crippen molar-refractivity contribution in [2.45, 2.75) is 34.1 Å². The van der Waals surface area contributed by atoms with Crippen LogP contribution >= 0.6 is 8.25 Å². The lowest BCUT2D eigenvalue weighted by Crippen LogP contribution is -2.14. The third-order valence-electron chi connectivity index (χ3n) is 1.43. The largest absolute Gasteiger partial charge is 0.694 e. The van der Waals surface area contributed by atoms with Crippen molar-refractivity contribution in [2.75, 3.05) is 6.61 Å². The summed E-state index contributed by atoms with van der Waals surface area (Å²) in [6, 6.07) is 0. The van der Waals surface area contributed by atoms with Crippen molar-refractivity contribution in [2.24, 2.45) is 11.3 Å². The molecule has 72 valence electrons. The van der Waals surface area contributed by atoms with Crippen LogP contribution in [-0.4, -0.2) is 11.5 Å². The lowest BCUT2D eigenvalue weighted by Gasteiger charge is -2.21. The van der Waals surface area contributed by atoms with E-state index in [2.05, 4.69) is 25.3 Å². The molecule has 0 heterocycles. The van der Waals surface area contributed by atoms with E-state index >= 15 is 0 Å². The average molecular weight is 193 g/mol. The summed E-state index contributed by atoms with van der Waals surface area (Å²) in [5.41, 5.74) is 0.254. The second-order valence-corrected chi connectivity index (χ2v) is 5.14. The van der Waals surface area contributed by atoms with Crippen LogP contribution in [0.25, 0.3) is 0 Å². The van der Waals surface area contributed by atoms with Gasteiger partial charge in [-0.3, -0.25) is 0 Å². The molecule has 0 aliphatic rings. The molecule has 2 atom stereocenters. The molecule has 0 aromatic carbocycles. The maximum atomic E-state index is 10.2. The van der Waals surface area contributed by atoms with Gasteiger partial charge in [-0.15, -0.1) is 9.42 Å². The third-order valence-corrected chi connectivity index (χ3v) is 1.80. The summed E-state index contributed by atoms with van der Waals surface area (Å²) in [6.07, 6.45) is 0.996. The zero-order valence-corrected chi connectivity index (χ0v) is 9.10. The zero-order valence-electron chi connectivity index (χ0n) is 8.20. The molecule has 0 radical (unpaired) electrons. The monoisotopic (exact) mass is 193 g/mol. The quantitative estimate of drug-likeness (QED) is 0.698. The Balaban J connectivity index is 3.60. The molecule has 0 fully saturated rings. The van der Waals surface area contributed by atoms with Gasteiger partial charge in [0.15, 0.2) is 0 Å². The molecule has 0 bridgehead atoms. The molecule has 12 heavy (non-hydrogen) atoms. The molecule has 0 rings (SSSR count). The summed E-state index contributed by atoms with van der Waals surface area (Å²) in [6.45, 7) is 8.81. The van der Waals surface area contributed by atoms with Gasteiger partial charge in [-0.25, -0.2) is 0 Å². The molecular weight excluding hydrogens is 175 g/mol. The summed E-state index contributed by atoms with van der Waals surface area (Å²) in [5, 5.41) is 0. The standard InChI is InChI=1S/C8H17O3P/c1-7(5-8(2,3)4)6-11-12(9)10/h7H,5-6H2,1-4H3/p+1. The van der Waals surface area contributed by atoms with E-state index in [0.29, 0.717) is 12.5 Å². The minimum absolute atomic E-state index is 0.254. The van der Waals surface area contributed by atoms with Crippen LogP contribution in [0.4, 0.5) is 0 Å². The fraction of sp³-hybridized carbons (Fsp3) is 1.00. The van der Waals surface area contributed by atoms with Crippen LogP contribution in [0.1, 0.15) is 34.1 Å². The van der Waals surface area contributed by atoms with Crippen LogP contribution < -0.4 is 0 Å². The van der Waals surface area contributed by atoms with Crippen molar-refractivity contribution in [3.63, 3.8) is 0 Å². The minimum atomic E-state index is -2.42. The Morgan fingerprint density at radius 3 is 2.33 bits per heavy atom. The lowest BCUT2D eigenvalue weighted by molar-refractivity contribution is 0.198. The third kappa shape index (κ3) is 8.12. The molecule has 0 aromatic heterocycles. The van der Waals surface area contributed by atoms with Crippen LogP contribution in [0.3, 0.4) is 0 Å². The maximum Gasteiger partial charge on any atom is 0.694 e. The second-order valence-electron chi connectivity index (χ2n) is 4.40. The van der Waals surface area contributed by atoms with E-state index in [9.17, 15) is 4.57 Å². The van der Waals surface area contributed by atoms with Gasteiger partial charge in [0.25, 0.3) is 0 Å². The van der Waals surface area contributed by atoms with Crippen LogP contribution in [0.15, 0.2) is 0 Å². The maximum absolute atomic E-state index is 10.2. The SMILES string of the molecule is CC(CO[P+](=O)O)CC(C)(C)C. The molecule has 0 aliphatic carbocycles. The molecular formula is C8H18O3P+. The van der Waals surface area contributed by atoms with E-state index in [1.165, 1.54) is 0 Å². The van der Waals surface area contributed by atoms with Crippen molar-refractivity contribution < 1.29 is 14.0 Å². The highest BCUT2D eigenvalue weighted by Gasteiger charge is 2.19. The van der Waals surface area contributed by atoms with Gasteiger partial charge < -0.3 is 0 Å². The summed E-state index contributed by atoms with van der Waals surface area (Å²) in [7, 11) is -2.42. The van der Waals surface area contributed by atoms with Gasteiger partial charge in [0.05, 0.1) is 0 Å². The Labute approximate surface area is 75.1 Å². The first kappa shape index (κ1) is 12.0. The second kappa shape index (κ2) is 4.90. The summed E-state index contributed by atoms with van der Waals surface area (Å²) >= 11 is 0. The van der Waals surface area contributed by atoms with Crippen molar-refractivity contribution >= 4 is 8.25 Å². The number of hydrogen-bond acceptors (Lipinski definition) is 2. The van der Waals surface area contributed by atoms with Gasteiger partial charge in [0.1, 0.15) is 6.61 Å². The number of hydrogen-bond donors (Lipinski definition) is 1. The Morgan fingerprint density at radius 1 is 1.50 bits per heavy atom. The fourth-order valence-corrected chi connectivity index (χ4v) is 1.68. The molecule has 3 nitrogen and oxygen atoms in total. The molecule has 0 aliphatic heterocycles. The first-order valence-corrected chi connectivity index (χ1v) is 5.23. The summed E-state index contributed by atoms with van der Waals surface area (Å²) in [5.74, 6) is 0.330. The van der Waals surface area contributed by atoms with Crippen molar-refractivity contribution in [1.29, 1.82) is 0 Å². The van der Waals surface area contributed by atoms with Gasteiger partial charge in [-0.05, 0) is 17.8 Å². The van der Waals surface area contributed by atoms with Crippen LogP contribution in [0.2, 0.25) is 0 Å². The van der Waals surface area contributed by atoms with Crippen LogP contribution in [0.5, 0.6) is 0 Å². The van der Waals surface area contributed by atoms with Gasteiger partial charge in [-0.2, -0.15) is 0 Å². The molecule has 0 spiro atoms. The molecule has 2 unspecified atom stereocenters. The zero-order chi connectivity index (χ0) is 9.78. The highest BCUT2D eigenvalue weighted by atomic mass is 31.1. The van der Waals surface area contributed by atoms with E-state index < -0.39 is 8.25 Å². The summed E-state index contributed by atoms with van der Waals surface area (Å²) in [4.78, 5) is 8.39. The normalized spacial score (nSPS) is 15.9. The fourth-order valence-electron chi connectivity index (χ4n) is 1.30. The molecule has 0 amide bonds. The smallest absolute Gasteiger partial charge is 0.133 e. The first-order chi connectivity index (χ1) is 5.31. The van der Waals surface area contributed by atoms with E-state index in [1.807, 2.05) is 6.92 Å².